The lowest BCUT2D eigenvalue weighted by Gasteiger charge is -2.13. The van der Waals surface area contributed by atoms with Crippen molar-refractivity contribution in [2.45, 2.75) is 19.1 Å². The molecule has 1 aromatic heterocycles. The van der Waals surface area contributed by atoms with Crippen LogP contribution in [0.15, 0.2) is 36.5 Å². The van der Waals surface area contributed by atoms with E-state index in [-0.39, 0.29) is 13.0 Å². The number of alkyl carbamates (subject to hydrolysis) is 1. The van der Waals surface area contributed by atoms with Crippen LogP contribution in [0.25, 0.3) is 0 Å². The molecule has 8 heteroatoms. The minimum absolute atomic E-state index is 0.0314. The second-order valence-electron chi connectivity index (χ2n) is 4.68. The summed E-state index contributed by atoms with van der Waals surface area (Å²) in [7, 11) is 1.67. The number of ether oxygens (including phenoxy) is 1. The van der Waals surface area contributed by atoms with Crippen LogP contribution < -0.4 is 5.32 Å². The van der Waals surface area contributed by atoms with Crippen molar-refractivity contribution in [1.82, 2.24) is 20.3 Å². The molecule has 0 fully saturated rings. The van der Waals surface area contributed by atoms with E-state index in [0.29, 0.717) is 5.69 Å². The molecule has 1 heterocycles. The summed E-state index contributed by atoms with van der Waals surface area (Å²) in [4.78, 5) is 22.9. The standard InChI is InChI=1S/C14H16N4O4/c1-18-8-11(16-17-18)7-12(13(19)20)15-14(21)22-9-10-5-3-2-4-6-10/h2-6,8,12H,7,9H2,1H3,(H,15,21)(H,19,20). The molecule has 0 radical (unpaired) electrons. The number of hydrogen-bond donors (Lipinski definition) is 2. The van der Waals surface area contributed by atoms with Gasteiger partial charge in [-0.05, 0) is 5.56 Å². The molecule has 1 amide bonds. The van der Waals surface area contributed by atoms with E-state index in [4.69, 9.17) is 9.84 Å². The van der Waals surface area contributed by atoms with Gasteiger partial charge in [0.25, 0.3) is 0 Å². The maximum absolute atomic E-state index is 11.7. The summed E-state index contributed by atoms with van der Waals surface area (Å²) in [5.74, 6) is -1.16. The maximum Gasteiger partial charge on any atom is 0.408 e. The largest absolute Gasteiger partial charge is 0.480 e. The van der Waals surface area contributed by atoms with Gasteiger partial charge in [-0.3, -0.25) is 4.68 Å². The highest BCUT2D eigenvalue weighted by molar-refractivity contribution is 5.80. The van der Waals surface area contributed by atoms with Crippen LogP contribution in [-0.2, 0) is 29.6 Å². The summed E-state index contributed by atoms with van der Waals surface area (Å²) in [6.45, 7) is 0.0736. The minimum atomic E-state index is -1.16. The Balaban J connectivity index is 1.87. The fraction of sp³-hybridized carbons (Fsp3) is 0.286. The summed E-state index contributed by atoms with van der Waals surface area (Å²) in [5.41, 5.74) is 1.29. The predicted octanol–water partition coefficient (Wildman–Crippen LogP) is 0.737. The summed E-state index contributed by atoms with van der Waals surface area (Å²) in [6.07, 6.45) is 0.830. The van der Waals surface area contributed by atoms with Crippen LogP contribution in [-0.4, -0.2) is 38.2 Å². The van der Waals surface area contributed by atoms with Gasteiger partial charge in [0.1, 0.15) is 12.6 Å². The quantitative estimate of drug-likeness (QED) is 0.815. The number of benzene rings is 1. The number of aryl methyl sites for hydroxylation is 1. The Kier molecular flexibility index (Phi) is 5.07. The zero-order valence-corrected chi connectivity index (χ0v) is 12.0. The molecule has 1 aromatic carbocycles. The van der Waals surface area contributed by atoms with Crippen LogP contribution in [0.4, 0.5) is 4.79 Å². The monoisotopic (exact) mass is 304 g/mol. The van der Waals surface area contributed by atoms with E-state index in [9.17, 15) is 9.59 Å². The van der Waals surface area contributed by atoms with Gasteiger partial charge in [-0.25, -0.2) is 9.59 Å². The number of carboxylic acids is 1. The number of nitrogens with one attached hydrogen (secondary N) is 1. The Labute approximate surface area is 126 Å². The molecule has 1 unspecified atom stereocenters. The van der Waals surface area contributed by atoms with Crippen molar-refractivity contribution in [3.8, 4) is 0 Å². The third-order valence-electron chi connectivity index (χ3n) is 2.87. The zero-order valence-electron chi connectivity index (χ0n) is 12.0. The number of aliphatic carboxylic acids is 1. The molecular formula is C14H16N4O4. The average molecular weight is 304 g/mol. The van der Waals surface area contributed by atoms with Crippen molar-refractivity contribution >= 4 is 12.1 Å². The molecule has 22 heavy (non-hydrogen) atoms. The molecule has 0 aliphatic rings. The summed E-state index contributed by atoms with van der Waals surface area (Å²) >= 11 is 0. The van der Waals surface area contributed by atoms with E-state index in [1.54, 1.807) is 13.2 Å². The van der Waals surface area contributed by atoms with E-state index in [1.165, 1.54) is 4.68 Å². The smallest absolute Gasteiger partial charge is 0.408 e. The minimum Gasteiger partial charge on any atom is -0.480 e. The first kappa shape index (κ1) is 15.5. The van der Waals surface area contributed by atoms with Crippen molar-refractivity contribution in [2.24, 2.45) is 7.05 Å². The molecule has 0 spiro atoms. The second kappa shape index (κ2) is 7.21. The number of amides is 1. The highest BCUT2D eigenvalue weighted by Crippen LogP contribution is 2.03. The van der Waals surface area contributed by atoms with Crippen LogP contribution in [0.2, 0.25) is 0 Å². The van der Waals surface area contributed by atoms with Crippen molar-refractivity contribution in [3.63, 3.8) is 0 Å². The molecule has 2 N–H and O–H groups in total. The molecule has 116 valence electrons. The molecule has 0 saturated heterocycles. The maximum atomic E-state index is 11.7. The van der Waals surface area contributed by atoms with Crippen LogP contribution in [0.1, 0.15) is 11.3 Å². The predicted molar refractivity (Wildman–Crippen MR) is 75.9 cm³/mol. The van der Waals surface area contributed by atoms with Gasteiger partial charge in [-0.2, -0.15) is 0 Å². The highest BCUT2D eigenvalue weighted by Gasteiger charge is 2.22. The van der Waals surface area contributed by atoms with E-state index in [1.807, 2.05) is 30.3 Å². The van der Waals surface area contributed by atoms with Crippen LogP contribution in [0.3, 0.4) is 0 Å². The number of carbonyl (C=O) groups excluding carboxylic acids is 1. The average Bonchev–Trinajstić information content (AvgIpc) is 2.91. The molecular weight excluding hydrogens is 288 g/mol. The Morgan fingerprint density at radius 2 is 2.09 bits per heavy atom. The van der Waals surface area contributed by atoms with Crippen molar-refractivity contribution < 1.29 is 19.4 Å². The fourth-order valence-electron chi connectivity index (χ4n) is 1.81. The summed E-state index contributed by atoms with van der Waals surface area (Å²) in [6, 6.07) is 7.99. The molecule has 0 bridgehead atoms. The van der Waals surface area contributed by atoms with Gasteiger partial charge >= 0.3 is 12.1 Å². The van der Waals surface area contributed by atoms with Crippen molar-refractivity contribution in [2.75, 3.05) is 0 Å². The lowest BCUT2D eigenvalue weighted by atomic mass is 10.2. The number of carboxylic acid groups (broad SMARTS) is 1. The Morgan fingerprint density at radius 1 is 1.36 bits per heavy atom. The molecule has 2 rings (SSSR count). The normalized spacial score (nSPS) is 11.7. The SMILES string of the molecule is Cn1cc(CC(NC(=O)OCc2ccccc2)C(=O)O)nn1. The first-order valence-electron chi connectivity index (χ1n) is 6.60. The number of carbonyl (C=O) groups is 2. The van der Waals surface area contributed by atoms with Crippen LogP contribution >= 0.6 is 0 Å². The van der Waals surface area contributed by atoms with Crippen LogP contribution in [0.5, 0.6) is 0 Å². The van der Waals surface area contributed by atoms with Gasteiger partial charge in [0, 0.05) is 19.7 Å². The Bertz CT molecular complexity index is 641. The number of hydrogen-bond acceptors (Lipinski definition) is 5. The summed E-state index contributed by atoms with van der Waals surface area (Å²) < 4.78 is 6.46. The highest BCUT2D eigenvalue weighted by atomic mass is 16.5. The van der Waals surface area contributed by atoms with Crippen molar-refractivity contribution in [3.05, 3.63) is 47.8 Å². The lowest BCUT2D eigenvalue weighted by molar-refractivity contribution is -0.139. The molecule has 1 atom stereocenters. The number of rotatable bonds is 6. The molecule has 2 aromatic rings. The molecule has 0 saturated carbocycles. The van der Waals surface area contributed by atoms with Gasteiger partial charge in [0.05, 0.1) is 5.69 Å². The van der Waals surface area contributed by atoms with E-state index < -0.39 is 18.1 Å². The molecule has 0 aliphatic heterocycles. The lowest BCUT2D eigenvalue weighted by Crippen LogP contribution is -2.42. The van der Waals surface area contributed by atoms with E-state index >= 15 is 0 Å². The van der Waals surface area contributed by atoms with Gasteiger partial charge < -0.3 is 15.2 Å². The molecule has 0 aliphatic carbocycles. The Hall–Kier alpha value is -2.90. The van der Waals surface area contributed by atoms with E-state index in [2.05, 4.69) is 15.6 Å². The fourth-order valence-corrected chi connectivity index (χ4v) is 1.81. The first-order chi connectivity index (χ1) is 10.5. The third-order valence-corrected chi connectivity index (χ3v) is 2.87. The Morgan fingerprint density at radius 3 is 2.68 bits per heavy atom. The van der Waals surface area contributed by atoms with E-state index in [0.717, 1.165) is 5.56 Å². The number of aromatic nitrogens is 3. The zero-order chi connectivity index (χ0) is 15.9. The van der Waals surface area contributed by atoms with Gasteiger partial charge in [0.2, 0.25) is 0 Å². The van der Waals surface area contributed by atoms with Gasteiger partial charge in [-0.15, -0.1) is 5.10 Å². The van der Waals surface area contributed by atoms with Crippen LogP contribution in [0, 0.1) is 0 Å². The summed E-state index contributed by atoms with van der Waals surface area (Å²) in [5, 5.41) is 19.0. The topological polar surface area (TPSA) is 106 Å². The third kappa shape index (κ3) is 4.58. The molecule has 8 nitrogen and oxygen atoms in total. The van der Waals surface area contributed by atoms with Gasteiger partial charge in [0.15, 0.2) is 0 Å². The first-order valence-corrected chi connectivity index (χ1v) is 6.60. The van der Waals surface area contributed by atoms with Gasteiger partial charge in [-0.1, -0.05) is 35.5 Å². The number of nitrogens with zero attached hydrogens (tertiary/aromatic N) is 3. The second-order valence-corrected chi connectivity index (χ2v) is 4.68. The van der Waals surface area contributed by atoms with Crippen molar-refractivity contribution in [1.29, 1.82) is 0 Å².